The highest BCUT2D eigenvalue weighted by atomic mass is 32.1. The molecule has 0 bridgehead atoms. The van der Waals surface area contributed by atoms with Gasteiger partial charge in [-0.1, -0.05) is 19.1 Å². The molecule has 0 saturated carbocycles. The van der Waals surface area contributed by atoms with Crippen molar-refractivity contribution in [2.45, 2.75) is 26.8 Å². The van der Waals surface area contributed by atoms with Crippen LogP contribution in [0.5, 0.6) is 0 Å². The summed E-state index contributed by atoms with van der Waals surface area (Å²) in [4.78, 5) is 14.6. The molecule has 0 radical (unpaired) electrons. The summed E-state index contributed by atoms with van der Waals surface area (Å²) >= 11 is 1.34. The van der Waals surface area contributed by atoms with Crippen molar-refractivity contribution in [3.05, 3.63) is 51.2 Å². The molecule has 106 valence electrons. The molecule has 0 amide bonds. The molecule has 0 aliphatic heterocycles. The number of anilines is 1. The van der Waals surface area contributed by atoms with Crippen LogP contribution in [0.1, 0.15) is 32.6 Å². The molecule has 1 N–H and O–H groups in total. The first-order valence-corrected chi connectivity index (χ1v) is 7.45. The molecule has 20 heavy (non-hydrogen) atoms. The SMILES string of the molecule is CCc1ccc(N(C)Cc2cc(C(=O)O)sc2C)cc1. The first-order chi connectivity index (χ1) is 9.51. The zero-order valence-corrected chi connectivity index (χ0v) is 12.8. The highest BCUT2D eigenvalue weighted by Crippen LogP contribution is 2.24. The fourth-order valence-electron chi connectivity index (χ4n) is 2.12. The molecule has 0 atom stereocenters. The van der Waals surface area contributed by atoms with E-state index in [1.165, 1.54) is 16.9 Å². The number of nitrogens with zero attached hydrogens (tertiary/aromatic N) is 1. The van der Waals surface area contributed by atoms with E-state index in [4.69, 9.17) is 5.11 Å². The van der Waals surface area contributed by atoms with Crippen molar-refractivity contribution in [2.24, 2.45) is 0 Å². The van der Waals surface area contributed by atoms with Gasteiger partial charge in [0, 0.05) is 24.2 Å². The average molecular weight is 289 g/mol. The molecule has 0 aliphatic rings. The predicted octanol–water partition coefficient (Wildman–Crippen LogP) is 3.95. The van der Waals surface area contributed by atoms with Crippen LogP contribution >= 0.6 is 11.3 Å². The van der Waals surface area contributed by atoms with Gasteiger partial charge in [0.2, 0.25) is 0 Å². The predicted molar refractivity (Wildman–Crippen MR) is 83.9 cm³/mol. The van der Waals surface area contributed by atoms with Gasteiger partial charge < -0.3 is 10.0 Å². The van der Waals surface area contributed by atoms with Gasteiger partial charge in [0.1, 0.15) is 4.88 Å². The summed E-state index contributed by atoms with van der Waals surface area (Å²) in [5.74, 6) is -0.848. The maximum atomic E-state index is 11.0. The minimum Gasteiger partial charge on any atom is -0.477 e. The molecule has 0 fully saturated rings. The molecule has 1 aromatic heterocycles. The van der Waals surface area contributed by atoms with Gasteiger partial charge in [-0.3, -0.25) is 0 Å². The second kappa shape index (κ2) is 6.09. The fraction of sp³-hybridized carbons (Fsp3) is 0.312. The molecule has 0 saturated heterocycles. The molecule has 2 rings (SSSR count). The van der Waals surface area contributed by atoms with Crippen molar-refractivity contribution in [1.29, 1.82) is 0 Å². The number of hydrogen-bond donors (Lipinski definition) is 1. The largest absolute Gasteiger partial charge is 0.477 e. The van der Waals surface area contributed by atoms with E-state index in [-0.39, 0.29) is 0 Å². The van der Waals surface area contributed by atoms with Gasteiger partial charge in [-0.25, -0.2) is 4.79 Å². The number of benzene rings is 1. The smallest absolute Gasteiger partial charge is 0.345 e. The van der Waals surface area contributed by atoms with E-state index in [9.17, 15) is 4.79 Å². The van der Waals surface area contributed by atoms with E-state index in [1.807, 2.05) is 14.0 Å². The number of carboxylic acids is 1. The van der Waals surface area contributed by atoms with Crippen LogP contribution in [-0.2, 0) is 13.0 Å². The van der Waals surface area contributed by atoms with Crippen LogP contribution in [-0.4, -0.2) is 18.1 Å². The quantitative estimate of drug-likeness (QED) is 0.906. The Bertz CT molecular complexity index is 601. The first kappa shape index (κ1) is 14.6. The lowest BCUT2D eigenvalue weighted by molar-refractivity contribution is 0.0702. The molecule has 0 spiro atoms. The van der Waals surface area contributed by atoms with Crippen molar-refractivity contribution in [1.82, 2.24) is 0 Å². The Labute approximate surface area is 123 Å². The maximum Gasteiger partial charge on any atom is 0.345 e. The Morgan fingerprint density at radius 1 is 1.30 bits per heavy atom. The first-order valence-electron chi connectivity index (χ1n) is 6.64. The van der Waals surface area contributed by atoms with Gasteiger partial charge in [0.15, 0.2) is 0 Å². The zero-order chi connectivity index (χ0) is 14.7. The van der Waals surface area contributed by atoms with Crippen LogP contribution in [0.15, 0.2) is 30.3 Å². The van der Waals surface area contributed by atoms with Crippen LogP contribution in [0.25, 0.3) is 0 Å². The number of carbonyl (C=O) groups is 1. The summed E-state index contributed by atoms with van der Waals surface area (Å²) in [5, 5.41) is 9.03. The average Bonchev–Trinajstić information content (AvgIpc) is 2.80. The van der Waals surface area contributed by atoms with Gasteiger partial charge >= 0.3 is 5.97 Å². The monoisotopic (exact) mass is 289 g/mol. The van der Waals surface area contributed by atoms with Crippen LogP contribution < -0.4 is 4.90 Å². The molecular formula is C16H19NO2S. The number of hydrogen-bond acceptors (Lipinski definition) is 3. The maximum absolute atomic E-state index is 11.0. The van der Waals surface area contributed by atoms with E-state index in [0.29, 0.717) is 4.88 Å². The van der Waals surface area contributed by atoms with Crippen LogP contribution in [0.2, 0.25) is 0 Å². The van der Waals surface area contributed by atoms with Gasteiger partial charge in [0.05, 0.1) is 0 Å². The number of aromatic carboxylic acids is 1. The summed E-state index contributed by atoms with van der Waals surface area (Å²) in [6.07, 6.45) is 1.04. The van der Waals surface area contributed by atoms with Gasteiger partial charge in [0.25, 0.3) is 0 Å². The Kier molecular flexibility index (Phi) is 4.45. The fourth-order valence-corrected chi connectivity index (χ4v) is 2.99. The van der Waals surface area contributed by atoms with Gasteiger partial charge in [-0.05, 0) is 42.7 Å². The summed E-state index contributed by atoms with van der Waals surface area (Å²) in [7, 11) is 2.03. The van der Waals surface area contributed by atoms with E-state index < -0.39 is 5.97 Å². The normalized spacial score (nSPS) is 10.6. The zero-order valence-electron chi connectivity index (χ0n) is 12.0. The molecule has 1 aromatic carbocycles. The summed E-state index contributed by atoms with van der Waals surface area (Å²) in [5.41, 5.74) is 3.54. The van der Waals surface area contributed by atoms with Gasteiger partial charge in [-0.15, -0.1) is 11.3 Å². The Hall–Kier alpha value is -1.81. The minimum atomic E-state index is -0.848. The Morgan fingerprint density at radius 2 is 1.95 bits per heavy atom. The molecule has 0 aliphatic carbocycles. The second-order valence-electron chi connectivity index (χ2n) is 4.87. The van der Waals surface area contributed by atoms with Crippen molar-refractivity contribution in [3.63, 3.8) is 0 Å². The number of aryl methyl sites for hydroxylation is 2. The highest BCUT2D eigenvalue weighted by Gasteiger charge is 2.12. The number of rotatable bonds is 5. The second-order valence-corrected chi connectivity index (χ2v) is 6.13. The lowest BCUT2D eigenvalue weighted by Gasteiger charge is -2.19. The van der Waals surface area contributed by atoms with Crippen LogP contribution in [0.3, 0.4) is 0 Å². The third-order valence-corrected chi connectivity index (χ3v) is 4.51. The number of carboxylic acid groups (broad SMARTS) is 1. The summed E-state index contributed by atoms with van der Waals surface area (Å²) in [6, 6.07) is 10.3. The number of thiophene rings is 1. The van der Waals surface area contributed by atoms with E-state index in [2.05, 4.69) is 36.1 Å². The van der Waals surface area contributed by atoms with Crippen molar-refractivity contribution in [2.75, 3.05) is 11.9 Å². The third kappa shape index (κ3) is 3.20. The highest BCUT2D eigenvalue weighted by molar-refractivity contribution is 7.14. The van der Waals surface area contributed by atoms with E-state index >= 15 is 0 Å². The molecule has 4 heteroatoms. The molecule has 2 aromatic rings. The standard InChI is InChI=1S/C16H19NO2S/c1-4-12-5-7-14(8-6-12)17(3)10-13-9-15(16(18)19)20-11(13)2/h5-9H,4,10H2,1-3H3,(H,18,19). The van der Waals surface area contributed by atoms with Crippen molar-refractivity contribution < 1.29 is 9.90 Å². The minimum absolute atomic E-state index is 0.409. The topological polar surface area (TPSA) is 40.5 Å². The third-order valence-electron chi connectivity index (χ3n) is 3.42. The molecule has 1 heterocycles. The van der Waals surface area contributed by atoms with Crippen LogP contribution in [0.4, 0.5) is 5.69 Å². The van der Waals surface area contributed by atoms with Crippen LogP contribution in [0, 0.1) is 6.92 Å². The Balaban J connectivity index is 2.14. The summed E-state index contributed by atoms with van der Waals surface area (Å²) < 4.78 is 0. The lowest BCUT2D eigenvalue weighted by atomic mass is 10.1. The Morgan fingerprint density at radius 3 is 2.45 bits per heavy atom. The lowest BCUT2D eigenvalue weighted by Crippen LogP contribution is -2.16. The van der Waals surface area contributed by atoms with Crippen molar-refractivity contribution >= 4 is 23.0 Å². The van der Waals surface area contributed by atoms with Crippen molar-refractivity contribution in [3.8, 4) is 0 Å². The molecule has 0 unspecified atom stereocenters. The molecular weight excluding hydrogens is 270 g/mol. The molecule has 3 nitrogen and oxygen atoms in total. The van der Waals surface area contributed by atoms with E-state index in [1.54, 1.807) is 6.07 Å². The van der Waals surface area contributed by atoms with E-state index in [0.717, 1.165) is 29.1 Å². The van der Waals surface area contributed by atoms with Gasteiger partial charge in [-0.2, -0.15) is 0 Å². The summed E-state index contributed by atoms with van der Waals surface area (Å²) in [6.45, 7) is 4.84.